The largest absolute Gasteiger partial charge is 0.384 e. The van der Waals surface area contributed by atoms with Crippen LogP contribution in [0.2, 0.25) is 0 Å². The number of nitrogens with two attached hydrogens (primary N) is 1. The van der Waals surface area contributed by atoms with Gasteiger partial charge in [0.25, 0.3) is 0 Å². The third-order valence-electron chi connectivity index (χ3n) is 2.09. The van der Waals surface area contributed by atoms with Crippen molar-refractivity contribution >= 4 is 5.82 Å². The summed E-state index contributed by atoms with van der Waals surface area (Å²) in [5, 5.41) is 4.25. The van der Waals surface area contributed by atoms with Gasteiger partial charge in [0.2, 0.25) is 0 Å². The predicted molar refractivity (Wildman–Crippen MR) is 55.6 cm³/mol. The van der Waals surface area contributed by atoms with Gasteiger partial charge in [0.15, 0.2) is 0 Å². The maximum Gasteiger partial charge on any atom is 0.122 e. The summed E-state index contributed by atoms with van der Waals surface area (Å²) in [6.45, 7) is 2.03. The van der Waals surface area contributed by atoms with Gasteiger partial charge in [-0.3, -0.25) is 9.67 Å². The maximum atomic E-state index is 5.69. The second kappa shape index (κ2) is 3.14. The molecule has 0 fully saturated rings. The standard InChI is InChI=1S/C10H12N4/c1-7-3-4-12-8(5-7)9-6-10(11)14(2)13-9/h3-6H,11H2,1-2H3. The van der Waals surface area contributed by atoms with Crippen molar-refractivity contribution in [3.05, 3.63) is 30.0 Å². The van der Waals surface area contributed by atoms with Crippen LogP contribution in [0.5, 0.6) is 0 Å². The minimum Gasteiger partial charge on any atom is -0.384 e. The van der Waals surface area contributed by atoms with Gasteiger partial charge in [-0.2, -0.15) is 5.10 Å². The minimum absolute atomic E-state index is 0.642. The lowest BCUT2D eigenvalue weighted by atomic mass is 10.2. The molecule has 2 aromatic heterocycles. The molecule has 14 heavy (non-hydrogen) atoms. The first-order chi connectivity index (χ1) is 6.66. The number of aryl methyl sites for hydroxylation is 2. The highest BCUT2D eigenvalue weighted by Gasteiger charge is 2.05. The van der Waals surface area contributed by atoms with E-state index in [1.807, 2.05) is 32.2 Å². The van der Waals surface area contributed by atoms with E-state index >= 15 is 0 Å². The fraction of sp³-hybridized carbons (Fsp3) is 0.200. The quantitative estimate of drug-likeness (QED) is 0.735. The van der Waals surface area contributed by atoms with E-state index in [9.17, 15) is 0 Å². The first kappa shape index (κ1) is 8.74. The molecule has 0 saturated heterocycles. The first-order valence-corrected chi connectivity index (χ1v) is 4.39. The smallest absolute Gasteiger partial charge is 0.122 e. The normalized spacial score (nSPS) is 10.4. The minimum atomic E-state index is 0.642. The third kappa shape index (κ3) is 1.46. The molecule has 0 aliphatic heterocycles. The summed E-state index contributed by atoms with van der Waals surface area (Å²) in [6.07, 6.45) is 1.77. The number of hydrogen-bond donors (Lipinski definition) is 1. The van der Waals surface area contributed by atoms with Crippen LogP contribution in [0.4, 0.5) is 5.82 Å². The number of pyridine rings is 1. The molecule has 0 radical (unpaired) electrons. The second-order valence-electron chi connectivity index (χ2n) is 3.30. The van der Waals surface area contributed by atoms with Gasteiger partial charge in [-0.1, -0.05) is 0 Å². The van der Waals surface area contributed by atoms with Gasteiger partial charge in [-0.05, 0) is 24.6 Å². The van der Waals surface area contributed by atoms with Gasteiger partial charge >= 0.3 is 0 Å². The van der Waals surface area contributed by atoms with Crippen LogP contribution >= 0.6 is 0 Å². The van der Waals surface area contributed by atoms with E-state index in [4.69, 9.17) is 5.73 Å². The Balaban J connectivity index is 2.49. The zero-order valence-corrected chi connectivity index (χ0v) is 8.23. The molecule has 0 aliphatic rings. The summed E-state index contributed by atoms with van der Waals surface area (Å²) in [5.74, 6) is 0.642. The molecular formula is C10H12N4. The molecule has 4 heteroatoms. The highest BCUT2D eigenvalue weighted by molar-refractivity contribution is 5.58. The highest BCUT2D eigenvalue weighted by Crippen LogP contribution is 2.17. The molecule has 2 rings (SSSR count). The maximum absolute atomic E-state index is 5.69. The molecule has 0 aromatic carbocycles. The predicted octanol–water partition coefficient (Wildman–Crippen LogP) is 1.37. The zero-order valence-electron chi connectivity index (χ0n) is 8.23. The van der Waals surface area contributed by atoms with E-state index < -0.39 is 0 Å². The van der Waals surface area contributed by atoms with Crippen molar-refractivity contribution in [2.45, 2.75) is 6.92 Å². The van der Waals surface area contributed by atoms with Gasteiger partial charge in [-0.25, -0.2) is 0 Å². The lowest BCUT2D eigenvalue weighted by molar-refractivity contribution is 0.781. The molecule has 0 bridgehead atoms. The van der Waals surface area contributed by atoms with Crippen LogP contribution in [-0.4, -0.2) is 14.8 Å². The van der Waals surface area contributed by atoms with E-state index in [0.717, 1.165) is 11.4 Å². The first-order valence-electron chi connectivity index (χ1n) is 4.39. The fourth-order valence-corrected chi connectivity index (χ4v) is 1.28. The molecule has 0 unspecified atom stereocenters. The van der Waals surface area contributed by atoms with Crippen LogP contribution in [0, 0.1) is 6.92 Å². The molecule has 2 heterocycles. The molecule has 0 atom stereocenters. The van der Waals surface area contributed by atoms with Crippen molar-refractivity contribution in [1.29, 1.82) is 0 Å². The van der Waals surface area contributed by atoms with Crippen molar-refractivity contribution in [3.8, 4) is 11.4 Å². The number of hydrogen-bond acceptors (Lipinski definition) is 3. The van der Waals surface area contributed by atoms with Crippen molar-refractivity contribution in [1.82, 2.24) is 14.8 Å². The molecule has 0 spiro atoms. The van der Waals surface area contributed by atoms with Crippen LogP contribution in [0.15, 0.2) is 24.4 Å². The molecular weight excluding hydrogens is 176 g/mol. The van der Waals surface area contributed by atoms with Gasteiger partial charge in [0.05, 0.1) is 5.69 Å². The summed E-state index contributed by atoms with van der Waals surface area (Å²) < 4.78 is 1.64. The van der Waals surface area contributed by atoms with Gasteiger partial charge in [0, 0.05) is 19.3 Å². The van der Waals surface area contributed by atoms with Crippen LogP contribution < -0.4 is 5.73 Å². The highest BCUT2D eigenvalue weighted by atomic mass is 15.3. The Kier molecular flexibility index (Phi) is 1.96. The Hall–Kier alpha value is -1.84. The van der Waals surface area contributed by atoms with Gasteiger partial charge in [-0.15, -0.1) is 0 Å². The lowest BCUT2D eigenvalue weighted by Crippen LogP contribution is -1.96. The van der Waals surface area contributed by atoms with E-state index in [1.54, 1.807) is 10.9 Å². The van der Waals surface area contributed by atoms with Crippen LogP contribution in [-0.2, 0) is 7.05 Å². The number of anilines is 1. The summed E-state index contributed by atoms with van der Waals surface area (Å²) in [7, 11) is 1.81. The zero-order chi connectivity index (χ0) is 10.1. The number of nitrogen functional groups attached to an aromatic ring is 1. The Morgan fingerprint density at radius 1 is 1.29 bits per heavy atom. The fourth-order valence-electron chi connectivity index (χ4n) is 1.28. The van der Waals surface area contributed by atoms with E-state index in [0.29, 0.717) is 5.82 Å². The summed E-state index contributed by atoms with van der Waals surface area (Å²) >= 11 is 0. The third-order valence-corrected chi connectivity index (χ3v) is 2.09. The second-order valence-corrected chi connectivity index (χ2v) is 3.30. The summed E-state index contributed by atoms with van der Waals surface area (Å²) in [6, 6.07) is 5.76. The topological polar surface area (TPSA) is 56.7 Å². The van der Waals surface area contributed by atoms with Gasteiger partial charge in [0.1, 0.15) is 11.5 Å². The molecule has 4 nitrogen and oxygen atoms in total. The van der Waals surface area contributed by atoms with E-state index in [1.165, 1.54) is 5.56 Å². The Bertz CT molecular complexity index is 439. The molecule has 2 N–H and O–H groups in total. The van der Waals surface area contributed by atoms with Crippen molar-refractivity contribution < 1.29 is 0 Å². The SMILES string of the molecule is Cc1ccnc(-c2cc(N)n(C)n2)c1. The average molecular weight is 188 g/mol. The Labute approximate surface area is 82.4 Å². The molecule has 0 amide bonds. The lowest BCUT2D eigenvalue weighted by Gasteiger charge is -1.96. The monoisotopic (exact) mass is 188 g/mol. The van der Waals surface area contributed by atoms with Crippen molar-refractivity contribution in [3.63, 3.8) is 0 Å². The number of rotatable bonds is 1. The molecule has 0 aliphatic carbocycles. The van der Waals surface area contributed by atoms with Crippen molar-refractivity contribution in [2.24, 2.45) is 7.05 Å². The average Bonchev–Trinajstić information content (AvgIpc) is 2.47. The summed E-state index contributed by atoms with van der Waals surface area (Å²) in [5.41, 5.74) is 8.53. The van der Waals surface area contributed by atoms with Crippen LogP contribution in [0.25, 0.3) is 11.4 Å². The molecule has 72 valence electrons. The van der Waals surface area contributed by atoms with E-state index in [2.05, 4.69) is 10.1 Å². The van der Waals surface area contributed by atoms with Crippen LogP contribution in [0.3, 0.4) is 0 Å². The Morgan fingerprint density at radius 2 is 2.07 bits per heavy atom. The van der Waals surface area contributed by atoms with Gasteiger partial charge < -0.3 is 5.73 Å². The van der Waals surface area contributed by atoms with E-state index in [-0.39, 0.29) is 0 Å². The molecule has 2 aromatic rings. The Morgan fingerprint density at radius 3 is 2.64 bits per heavy atom. The van der Waals surface area contributed by atoms with Crippen LogP contribution in [0.1, 0.15) is 5.56 Å². The summed E-state index contributed by atoms with van der Waals surface area (Å²) in [4.78, 5) is 4.23. The van der Waals surface area contributed by atoms with Crippen molar-refractivity contribution in [2.75, 3.05) is 5.73 Å². The number of nitrogens with zero attached hydrogens (tertiary/aromatic N) is 3. The number of aromatic nitrogens is 3. The molecule has 0 saturated carbocycles.